The van der Waals surface area contributed by atoms with Gasteiger partial charge in [0, 0.05) is 0 Å². The van der Waals surface area contributed by atoms with Crippen LogP contribution in [0.2, 0.25) is 54.4 Å². The molecule has 18 heteroatoms. The van der Waals surface area contributed by atoms with E-state index >= 15 is 0 Å². The number of hydrogen-bond acceptors (Lipinski definition) is 9. The van der Waals surface area contributed by atoms with E-state index in [1.54, 1.807) is 0 Å². The second-order valence-corrected chi connectivity index (χ2v) is 50.1. The highest BCUT2D eigenvalue weighted by Gasteiger charge is 2.61. The van der Waals surface area contributed by atoms with Crippen molar-refractivity contribution in [2.45, 2.75) is 232 Å². The maximum Gasteiger partial charge on any atom is 0.347 e. The summed E-state index contributed by atoms with van der Waals surface area (Å²) in [7, 11) is -31.7. The van der Waals surface area contributed by atoms with E-state index in [1.165, 1.54) is 0 Å². The van der Waals surface area contributed by atoms with Crippen LogP contribution < -0.4 is 0 Å². The molecule has 0 atom stereocenters. The van der Waals surface area contributed by atoms with Crippen LogP contribution in [0.25, 0.3) is 0 Å². The summed E-state index contributed by atoms with van der Waals surface area (Å²) >= 11 is 0. The van der Waals surface area contributed by atoms with Crippen LogP contribution in [0, 0.1) is 0 Å². The Hall–Kier alpha value is -0.748. The Morgan fingerprint density at radius 1 is 0.194 bits per heavy atom. The third-order valence-electron chi connectivity index (χ3n) is 13.8. The van der Waals surface area contributed by atoms with E-state index in [4.69, 9.17) is 37.0 Å². The lowest BCUT2D eigenvalue weighted by Gasteiger charge is -2.50. The van der Waals surface area contributed by atoms with E-state index < -0.39 is 77.0 Å². The van der Waals surface area contributed by atoms with Crippen molar-refractivity contribution < 1.29 is 37.0 Å². The minimum atomic E-state index is -3.52. The van der Waals surface area contributed by atoms with Gasteiger partial charge >= 0.3 is 77.0 Å². The van der Waals surface area contributed by atoms with Crippen LogP contribution >= 0.6 is 0 Å². The Labute approximate surface area is 454 Å². The monoisotopic (exact) mass is 1150 g/mol. The van der Waals surface area contributed by atoms with Gasteiger partial charge in [-0.2, -0.15) is 0 Å². The zero-order valence-electron chi connectivity index (χ0n) is 47.8. The van der Waals surface area contributed by atoms with Crippen molar-refractivity contribution in [3.05, 3.63) is 111 Å². The molecule has 1 fully saturated rings. The first-order valence-electron chi connectivity index (χ1n) is 28.5. The number of hydrogen-bond donors (Lipinski definition) is 0. The summed E-state index contributed by atoms with van der Waals surface area (Å²) < 4.78 is 71.7. The standard InChI is InChI=1S/C54H108O9Si9/c1-19-37-46-64(28-10)55-65(29-11,47-38-20-2)57-67(31-13,49-40-22-4)59-69(33-15,51-42-24-6)61-71(35-17,53-44-26-8)63-72(36-18,54-45-27-9)62-70(34-16,52-43-25-7)60-68(32-14,50-41-23-5)58-66(30-12,56-64)48-39-21-3/h28-36H,10-27,37-54H2,1-9H3. The molecule has 72 heavy (non-hydrogen) atoms. The molecule has 1 rings (SSSR count). The lowest BCUT2D eigenvalue weighted by Crippen LogP contribution is -2.68. The van der Waals surface area contributed by atoms with Crippen molar-refractivity contribution in [3.63, 3.8) is 0 Å². The average molecular weight is 1150 g/mol. The van der Waals surface area contributed by atoms with Gasteiger partial charge in [-0.1, -0.05) is 229 Å². The first-order valence-corrected chi connectivity index (χ1v) is 47.4. The normalized spacial score (nSPS) is 33.1. The molecule has 0 aromatic carbocycles. The Morgan fingerprint density at radius 3 is 0.333 bits per heavy atom. The van der Waals surface area contributed by atoms with Crippen LogP contribution in [0.15, 0.2) is 111 Å². The predicted molar refractivity (Wildman–Crippen MR) is 331 cm³/mol. The minimum absolute atomic E-state index is 0.656. The van der Waals surface area contributed by atoms with Crippen molar-refractivity contribution in [1.82, 2.24) is 0 Å². The minimum Gasteiger partial charge on any atom is -0.409 e. The smallest absolute Gasteiger partial charge is 0.347 e. The molecule has 1 aliphatic heterocycles. The van der Waals surface area contributed by atoms with Crippen molar-refractivity contribution in [1.29, 1.82) is 0 Å². The van der Waals surface area contributed by atoms with Crippen LogP contribution in [-0.2, 0) is 37.0 Å². The average Bonchev–Trinajstić information content (AvgIpc) is 3.41. The van der Waals surface area contributed by atoms with Crippen LogP contribution in [0.1, 0.15) is 178 Å². The van der Waals surface area contributed by atoms with Gasteiger partial charge in [0.1, 0.15) is 0 Å². The van der Waals surface area contributed by atoms with Gasteiger partial charge in [0.25, 0.3) is 0 Å². The highest BCUT2D eigenvalue weighted by Crippen LogP contribution is 2.43. The zero-order chi connectivity index (χ0) is 54.3. The van der Waals surface area contributed by atoms with Crippen molar-refractivity contribution in [2.24, 2.45) is 0 Å². The molecular formula is C54H108O9Si9. The van der Waals surface area contributed by atoms with Crippen molar-refractivity contribution >= 4 is 77.0 Å². The highest BCUT2D eigenvalue weighted by molar-refractivity contribution is 7.01. The van der Waals surface area contributed by atoms with E-state index in [9.17, 15) is 0 Å². The summed E-state index contributed by atoms with van der Waals surface area (Å²) in [4.78, 5) is 0. The molecule has 1 saturated heterocycles. The lowest BCUT2D eigenvalue weighted by atomic mass is 10.4. The lowest BCUT2D eigenvalue weighted by molar-refractivity contribution is 0.235. The first kappa shape index (κ1) is 69.3. The molecule has 0 saturated carbocycles. The van der Waals surface area contributed by atoms with E-state index in [2.05, 4.69) is 122 Å². The predicted octanol–water partition coefficient (Wildman–Crippen LogP) is 17.9. The molecule has 1 heterocycles. The number of rotatable bonds is 36. The molecule has 1 aliphatic rings. The summed E-state index contributed by atoms with van der Waals surface area (Å²) in [6.07, 6.45) is 16.2. The molecule has 0 aromatic heterocycles. The van der Waals surface area contributed by atoms with Crippen LogP contribution in [0.5, 0.6) is 0 Å². The first-order chi connectivity index (χ1) is 34.5. The zero-order valence-corrected chi connectivity index (χ0v) is 56.8. The fraction of sp³-hybridized carbons (Fsp3) is 0.667. The summed E-state index contributed by atoms with van der Waals surface area (Å²) in [6, 6.07) is 5.90. The highest BCUT2D eigenvalue weighted by atomic mass is 28.5. The van der Waals surface area contributed by atoms with Gasteiger partial charge in [-0.25, -0.2) is 0 Å². The van der Waals surface area contributed by atoms with Gasteiger partial charge < -0.3 is 37.0 Å². The largest absolute Gasteiger partial charge is 0.409 e. The second-order valence-electron chi connectivity index (χ2n) is 20.0. The Balaban J connectivity index is 5.14. The van der Waals surface area contributed by atoms with Crippen LogP contribution in [-0.4, -0.2) is 77.0 Å². The third kappa shape index (κ3) is 20.6. The van der Waals surface area contributed by atoms with Gasteiger partial charge in [-0.3, -0.25) is 0 Å². The fourth-order valence-corrected chi connectivity index (χ4v) is 57.9. The van der Waals surface area contributed by atoms with Crippen molar-refractivity contribution in [2.75, 3.05) is 0 Å². The summed E-state index contributed by atoms with van der Waals surface area (Å²) in [5, 5.41) is 0. The van der Waals surface area contributed by atoms with E-state index in [-0.39, 0.29) is 0 Å². The second kappa shape index (κ2) is 34.9. The molecule has 0 spiro atoms. The van der Waals surface area contributed by atoms with Gasteiger partial charge in [0.2, 0.25) is 0 Å². The fourth-order valence-electron chi connectivity index (χ4n) is 9.22. The van der Waals surface area contributed by atoms with E-state index in [1.807, 2.05) is 51.3 Å². The Kier molecular flexibility index (Phi) is 33.6. The van der Waals surface area contributed by atoms with Gasteiger partial charge in [0.15, 0.2) is 0 Å². The van der Waals surface area contributed by atoms with E-state index in [0.717, 1.165) is 116 Å². The molecule has 0 aliphatic carbocycles. The molecule has 414 valence electrons. The van der Waals surface area contributed by atoms with Crippen molar-refractivity contribution in [3.8, 4) is 0 Å². The van der Waals surface area contributed by atoms with Gasteiger partial charge in [-0.05, 0) is 54.4 Å². The Morgan fingerprint density at radius 2 is 0.278 bits per heavy atom. The maximum atomic E-state index is 7.96. The van der Waals surface area contributed by atoms with Crippen LogP contribution in [0.3, 0.4) is 0 Å². The topological polar surface area (TPSA) is 83.1 Å². The molecular weight excluding hydrogens is 1050 g/mol. The quantitative estimate of drug-likeness (QED) is 0.0570. The van der Waals surface area contributed by atoms with Gasteiger partial charge in [-0.15, -0.1) is 59.2 Å². The molecule has 0 aromatic rings. The molecule has 0 amide bonds. The van der Waals surface area contributed by atoms with E-state index in [0.29, 0.717) is 54.4 Å². The summed E-state index contributed by atoms with van der Waals surface area (Å²) in [6.45, 7) is 61.2. The number of unbranched alkanes of at least 4 members (excludes halogenated alkanes) is 9. The molecule has 0 N–H and O–H groups in total. The third-order valence-corrected chi connectivity index (χ3v) is 53.7. The molecule has 0 unspecified atom stereocenters. The Bertz CT molecular complexity index is 1260. The van der Waals surface area contributed by atoms with Gasteiger partial charge in [0.05, 0.1) is 0 Å². The SMILES string of the molecule is C=C[Si]1(CCCC)O[Si](C=C)(CCCC)O[Si](C=C)(CCCC)O[Si](C=C)(CCCC)O[Si](C=C)(CCCC)O[Si](C=C)(CCCC)O[Si](C=C)(CCCC)O[Si](C=C)(CCCC)O[Si](C=C)(CCCC)O1. The maximum absolute atomic E-state index is 7.96. The summed E-state index contributed by atoms with van der Waals surface area (Å²) in [5.74, 6) is 0. The molecule has 0 bridgehead atoms. The summed E-state index contributed by atoms with van der Waals surface area (Å²) in [5.41, 5.74) is 17.9. The van der Waals surface area contributed by atoms with Crippen LogP contribution in [0.4, 0.5) is 0 Å². The molecule has 9 nitrogen and oxygen atoms in total. The molecule has 0 radical (unpaired) electrons.